The van der Waals surface area contributed by atoms with Crippen LogP contribution in [0.1, 0.15) is 17.4 Å². The minimum Gasteiger partial charge on any atom is -0.325 e. The molecule has 2 aromatic rings. The first-order valence-corrected chi connectivity index (χ1v) is 8.77. The van der Waals surface area contributed by atoms with E-state index in [1.54, 1.807) is 0 Å². The Morgan fingerprint density at radius 3 is 2.78 bits per heavy atom. The van der Waals surface area contributed by atoms with Crippen LogP contribution in [-0.2, 0) is 17.8 Å². The molecule has 0 radical (unpaired) electrons. The molecule has 0 unspecified atom stereocenters. The summed E-state index contributed by atoms with van der Waals surface area (Å²) >= 11 is 7.50. The van der Waals surface area contributed by atoms with Crippen molar-refractivity contribution in [2.45, 2.75) is 19.9 Å². The Kier molecular flexibility index (Phi) is 6.84. The maximum Gasteiger partial charge on any atom is 0.238 e. The van der Waals surface area contributed by atoms with E-state index in [4.69, 9.17) is 11.6 Å². The van der Waals surface area contributed by atoms with Crippen molar-refractivity contribution in [2.24, 2.45) is 0 Å². The maximum absolute atomic E-state index is 12.4. The van der Waals surface area contributed by atoms with Gasteiger partial charge in [0.25, 0.3) is 0 Å². The Morgan fingerprint density at radius 2 is 2.13 bits per heavy atom. The van der Waals surface area contributed by atoms with Crippen LogP contribution >= 0.6 is 22.9 Å². The third-order valence-electron chi connectivity index (χ3n) is 3.44. The molecular weight excluding hydrogens is 328 g/mol. The number of halogens is 1. The number of aryl methyl sites for hydroxylation is 1. The summed E-state index contributed by atoms with van der Waals surface area (Å²) in [7, 11) is 0. The van der Waals surface area contributed by atoms with Crippen molar-refractivity contribution >= 4 is 34.5 Å². The summed E-state index contributed by atoms with van der Waals surface area (Å²) in [6.07, 6.45) is 2.70. The molecule has 2 rings (SSSR count). The van der Waals surface area contributed by atoms with E-state index in [-0.39, 0.29) is 5.91 Å². The van der Waals surface area contributed by atoms with Crippen molar-refractivity contribution in [3.8, 4) is 0 Å². The van der Waals surface area contributed by atoms with E-state index < -0.39 is 0 Å². The van der Waals surface area contributed by atoms with Crippen molar-refractivity contribution in [1.29, 1.82) is 0 Å². The lowest BCUT2D eigenvalue weighted by Crippen LogP contribution is -2.33. The van der Waals surface area contributed by atoms with Gasteiger partial charge in [0.05, 0.1) is 10.9 Å². The van der Waals surface area contributed by atoms with Crippen LogP contribution in [0, 0.1) is 0 Å². The van der Waals surface area contributed by atoms with Crippen LogP contribution in [0.2, 0.25) is 4.34 Å². The fraction of sp³-hybridized carbons (Fsp3) is 0.278. The molecule has 23 heavy (non-hydrogen) atoms. The Labute approximate surface area is 146 Å². The van der Waals surface area contributed by atoms with Gasteiger partial charge in [-0.15, -0.1) is 17.9 Å². The number of benzene rings is 1. The highest BCUT2D eigenvalue weighted by atomic mass is 35.5. The number of nitrogens with zero attached hydrogens (tertiary/aromatic N) is 1. The lowest BCUT2D eigenvalue weighted by atomic mass is 10.1. The highest BCUT2D eigenvalue weighted by Gasteiger charge is 2.12. The number of hydrogen-bond acceptors (Lipinski definition) is 3. The first kappa shape index (κ1) is 17.7. The van der Waals surface area contributed by atoms with Crippen LogP contribution in [0.3, 0.4) is 0 Å². The summed E-state index contributed by atoms with van der Waals surface area (Å²) in [5.74, 6) is -0.0181. The molecule has 0 spiro atoms. The second-order valence-corrected chi connectivity index (χ2v) is 7.02. The number of para-hydroxylation sites is 1. The Bertz CT molecular complexity index is 669. The Balaban J connectivity index is 1.98. The molecule has 1 aromatic carbocycles. The Hall–Kier alpha value is -1.62. The van der Waals surface area contributed by atoms with Gasteiger partial charge >= 0.3 is 0 Å². The third-order valence-corrected chi connectivity index (χ3v) is 4.65. The van der Waals surface area contributed by atoms with E-state index in [2.05, 4.69) is 18.8 Å². The minimum atomic E-state index is -0.0181. The van der Waals surface area contributed by atoms with Gasteiger partial charge in [-0.2, -0.15) is 0 Å². The molecule has 1 N–H and O–H groups in total. The highest BCUT2D eigenvalue weighted by molar-refractivity contribution is 7.16. The molecule has 0 saturated carbocycles. The van der Waals surface area contributed by atoms with Crippen molar-refractivity contribution in [1.82, 2.24) is 4.90 Å². The molecule has 1 aromatic heterocycles. The van der Waals surface area contributed by atoms with E-state index >= 15 is 0 Å². The second-order valence-electron chi connectivity index (χ2n) is 5.22. The zero-order valence-corrected chi connectivity index (χ0v) is 14.8. The molecule has 0 saturated heterocycles. The number of anilines is 1. The number of nitrogens with one attached hydrogen (secondary N) is 1. The predicted molar refractivity (Wildman–Crippen MR) is 99.3 cm³/mol. The number of carbonyl (C=O) groups is 1. The largest absolute Gasteiger partial charge is 0.325 e. The van der Waals surface area contributed by atoms with E-state index in [0.29, 0.717) is 19.6 Å². The number of amides is 1. The smallest absolute Gasteiger partial charge is 0.238 e. The summed E-state index contributed by atoms with van der Waals surface area (Å²) < 4.78 is 0.764. The van der Waals surface area contributed by atoms with Gasteiger partial charge in [-0.05, 0) is 30.2 Å². The average Bonchev–Trinajstić information content (AvgIpc) is 2.93. The van der Waals surface area contributed by atoms with Gasteiger partial charge in [-0.3, -0.25) is 9.69 Å². The van der Waals surface area contributed by atoms with Crippen LogP contribution < -0.4 is 5.32 Å². The molecule has 3 nitrogen and oxygen atoms in total. The molecule has 0 aliphatic rings. The van der Waals surface area contributed by atoms with Crippen molar-refractivity contribution in [2.75, 3.05) is 18.4 Å². The molecular formula is C18H21ClN2OS. The molecule has 0 fully saturated rings. The Morgan fingerprint density at radius 1 is 1.35 bits per heavy atom. The fourth-order valence-electron chi connectivity index (χ4n) is 2.37. The third kappa shape index (κ3) is 5.50. The maximum atomic E-state index is 12.4. The van der Waals surface area contributed by atoms with E-state index in [9.17, 15) is 4.79 Å². The van der Waals surface area contributed by atoms with Gasteiger partial charge in [-0.1, -0.05) is 42.8 Å². The van der Waals surface area contributed by atoms with Gasteiger partial charge in [0.15, 0.2) is 0 Å². The first-order chi connectivity index (χ1) is 11.1. The first-order valence-electron chi connectivity index (χ1n) is 7.57. The average molecular weight is 349 g/mol. The molecule has 0 aliphatic carbocycles. The van der Waals surface area contributed by atoms with E-state index in [0.717, 1.165) is 26.9 Å². The number of hydrogen-bond donors (Lipinski definition) is 1. The lowest BCUT2D eigenvalue weighted by Gasteiger charge is -2.20. The van der Waals surface area contributed by atoms with Crippen LogP contribution in [0.15, 0.2) is 49.1 Å². The quantitative estimate of drug-likeness (QED) is 0.707. The van der Waals surface area contributed by atoms with Crippen LogP contribution in [0.4, 0.5) is 5.69 Å². The van der Waals surface area contributed by atoms with Crippen molar-refractivity contribution in [3.63, 3.8) is 0 Å². The predicted octanol–water partition coefficient (Wildman–Crippen LogP) is 4.59. The van der Waals surface area contributed by atoms with E-state index in [1.807, 2.05) is 47.4 Å². The topological polar surface area (TPSA) is 32.3 Å². The van der Waals surface area contributed by atoms with Gasteiger partial charge in [0.1, 0.15) is 0 Å². The lowest BCUT2D eigenvalue weighted by molar-refractivity contribution is -0.117. The molecule has 0 aliphatic heterocycles. The SMILES string of the molecule is C=CCN(CC(=O)Nc1ccccc1CC)Cc1ccc(Cl)s1. The highest BCUT2D eigenvalue weighted by Crippen LogP contribution is 2.22. The zero-order chi connectivity index (χ0) is 16.7. The molecule has 1 heterocycles. The van der Waals surface area contributed by atoms with Crippen LogP contribution in [0.5, 0.6) is 0 Å². The van der Waals surface area contributed by atoms with Gasteiger partial charge in [0.2, 0.25) is 5.91 Å². The van der Waals surface area contributed by atoms with Crippen LogP contribution in [-0.4, -0.2) is 23.9 Å². The van der Waals surface area contributed by atoms with Gasteiger partial charge < -0.3 is 5.32 Å². The number of rotatable bonds is 8. The summed E-state index contributed by atoms with van der Waals surface area (Å²) in [5, 5.41) is 3.00. The zero-order valence-electron chi connectivity index (χ0n) is 13.2. The molecule has 122 valence electrons. The molecule has 5 heteroatoms. The van der Waals surface area contributed by atoms with Gasteiger partial charge in [0, 0.05) is 23.7 Å². The molecule has 1 amide bonds. The summed E-state index contributed by atoms with van der Waals surface area (Å²) in [6, 6.07) is 11.8. The summed E-state index contributed by atoms with van der Waals surface area (Å²) in [6.45, 7) is 7.51. The van der Waals surface area contributed by atoms with Crippen LogP contribution in [0.25, 0.3) is 0 Å². The summed E-state index contributed by atoms with van der Waals surface area (Å²) in [4.78, 5) is 15.5. The summed E-state index contributed by atoms with van der Waals surface area (Å²) in [5.41, 5.74) is 2.03. The van der Waals surface area contributed by atoms with Crippen molar-refractivity contribution in [3.05, 3.63) is 63.8 Å². The number of thiophene rings is 1. The normalized spacial score (nSPS) is 10.7. The second kappa shape index (κ2) is 8.87. The van der Waals surface area contributed by atoms with Gasteiger partial charge in [-0.25, -0.2) is 0 Å². The molecule has 0 bridgehead atoms. The number of carbonyl (C=O) groups excluding carboxylic acids is 1. The monoisotopic (exact) mass is 348 g/mol. The molecule has 0 atom stereocenters. The standard InChI is InChI=1S/C18H21ClN2OS/c1-3-11-21(12-15-9-10-17(19)23-15)13-18(22)20-16-8-6-5-7-14(16)4-2/h3,5-10H,1,4,11-13H2,2H3,(H,20,22). The van der Waals surface area contributed by atoms with E-state index in [1.165, 1.54) is 11.3 Å². The fourth-order valence-corrected chi connectivity index (χ4v) is 3.50. The minimum absolute atomic E-state index is 0.0181. The van der Waals surface area contributed by atoms with Crippen molar-refractivity contribution < 1.29 is 4.79 Å².